The van der Waals surface area contributed by atoms with Crippen molar-refractivity contribution in [2.45, 2.75) is 25.8 Å². The van der Waals surface area contributed by atoms with Crippen molar-refractivity contribution in [2.75, 3.05) is 44.2 Å². The highest BCUT2D eigenvalue weighted by atomic mass is 16.3. The minimum Gasteiger partial charge on any atom is -0.508 e. The van der Waals surface area contributed by atoms with Crippen LogP contribution in [-0.2, 0) is 0 Å². The molecule has 4 heteroatoms. The Hall–Kier alpha value is -1.26. The molecule has 0 aliphatic carbocycles. The molecule has 1 aromatic rings. The van der Waals surface area contributed by atoms with Crippen LogP contribution in [0.2, 0.25) is 0 Å². The van der Waals surface area contributed by atoms with Crippen LogP contribution in [0.15, 0.2) is 18.2 Å². The van der Waals surface area contributed by atoms with E-state index < -0.39 is 0 Å². The van der Waals surface area contributed by atoms with Crippen molar-refractivity contribution in [1.82, 2.24) is 10.2 Å². The third kappa shape index (κ3) is 2.63. The highest BCUT2D eigenvalue weighted by Crippen LogP contribution is 2.39. The second kappa shape index (κ2) is 5.62. The first kappa shape index (κ1) is 13.7. The molecule has 110 valence electrons. The molecular formula is C16H25N3O. The number of hydrogen-bond donors (Lipinski definition) is 2. The third-order valence-corrected chi connectivity index (χ3v) is 4.49. The first-order chi connectivity index (χ1) is 9.65. The van der Waals surface area contributed by atoms with E-state index >= 15 is 0 Å². The maximum atomic E-state index is 9.80. The summed E-state index contributed by atoms with van der Waals surface area (Å²) in [7, 11) is 0. The number of nitrogens with zero attached hydrogens (tertiary/aromatic N) is 2. The quantitative estimate of drug-likeness (QED) is 0.879. The van der Waals surface area contributed by atoms with Gasteiger partial charge in [0.15, 0.2) is 0 Å². The zero-order chi connectivity index (χ0) is 14.1. The normalized spacial score (nSPS) is 23.4. The van der Waals surface area contributed by atoms with E-state index in [2.05, 4.69) is 35.0 Å². The number of nitrogens with one attached hydrogen (secondary N) is 1. The summed E-state index contributed by atoms with van der Waals surface area (Å²) in [6.07, 6.45) is 0. The van der Waals surface area contributed by atoms with Crippen LogP contribution in [-0.4, -0.2) is 55.3 Å². The van der Waals surface area contributed by atoms with Crippen molar-refractivity contribution in [1.29, 1.82) is 0 Å². The molecule has 2 heterocycles. The molecule has 2 aliphatic heterocycles. The second-order valence-corrected chi connectivity index (χ2v) is 6.24. The summed E-state index contributed by atoms with van der Waals surface area (Å²) in [5, 5.41) is 13.2. The Bertz CT molecular complexity index is 469. The van der Waals surface area contributed by atoms with E-state index in [1.54, 1.807) is 6.07 Å². The highest BCUT2D eigenvalue weighted by Gasteiger charge is 2.31. The van der Waals surface area contributed by atoms with Gasteiger partial charge < -0.3 is 20.2 Å². The molecule has 0 bridgehead atoms. The van der Waals surface area contributed by atoms with Crippen LogP contribution in [0, 0.1) is 0 Å². The van der Waals surface area contributed by atoms with Crippen LogP contribution >= 0.6 is 0 Å². The van der Waals surface area contributed by atoms with E-state index in [-0.39, 0.29) is 0 Å². The minimum atomic E-state index is 0.389. The van der Waals surface area contributed by atoms with Crippen LogP contribution in [0.25, 0.3) is 0 Å². The Morgan fingerprint density at radius 2 is 2.05 bits per heavy atom. The van der Waals surface area contributed by atoms with Crippen molar-refractivity contribution >= 4 is 5.69 Å². The van der Waals surface area contributed by atoms with Gasteiger partial charge in [-0.25, -0.2) is 0 Å². The molecule has 1 aromatic carbocycles. The van der Waals surface area contributed by atoms with Crippen LogP contribution in [0.3, 0.4) is 0 Å². The molecule has 0 spiro atoms. The molecule has 3 rings (SSSR count). The smallest absolute Gasteiger partial charge is 0.116 e. The first-order valence-corrected chi connectivity index (χ1v) is 7.68. The topological polar surface area (TPSA) is 38.7 Å². The molecule has 1 fully saturated rings. The van der Waals surface area contributed by atoms with Crippen LogP contribution in [0.1, 0.15) is 25.3 Å². The van der Waals surface area contributed by atoms with Gasteiger partial charge in [-0.05, 0) is 37.6 Å². The van der Waals surface area contributed by atoms with E-state index in [4.69, 9.17) is 0 Å². The average molecular weight is 275 g/mol. The van der Waals surface area contributed by atoms with E-state index in [9.17, 15) is 5.11 Å². The van der Waals surface area contributed by atoms with Crippen molar-refractivity contribution in [3.05, 3.63) is 23.8 Å². The van der Waals surface area contributed by atoms with Gasteiger partial charge in [-0.1, -0.05) is 0 Å². The molecule has 1 unspecified atom stereocenters. The number of aromatic hydroxyl groups is 1. The number of phenols is 1. The van der Waals surface area contributed by atoms with Crippen molar-refractivity contribution in [2.24, 2.45) is 0 Å². The lowest BCUT2D eigenvalue weighted by Gasteiger charge is -2.30. The summed E-state index contributed by atoms with van der Waals surface area (Å²) in [6.45, 7) is 11.1. The van der Waals surface area contributed by atoms with Gasteiger partial charge in [-0.15, -0.1) is 0 Å². The summed E-state index contributed by atoms with van der Waals surface area (Å²) in [6, 6.07) is 6.35. The Labute approximate surface area is 121 Å². The molecule has 1 saturated heterocycles. The lowest BCUT2D eigenvalue weighted by Crippen LogP contribution is -2.45. The molecule has 0 radical (unpaired) electrons. The third-order valence-electron chi connectivity index (χ3n) is 4.49. The predicted molar refractivity (Wildman–Crippen MR) is 82.6 cm³/mol. The number of rotatable bonds is 3. The van der Waals surface area contributed by atoms with Gasteiger partial charge in [0, 0.05) is 56.9 Å². The van der Waals surface area contributed by atoms with Gasteiger partial charge in [-0.2, -0.15) is 0 Å². The predicted octanol–water partition coefficient (Wildman–Crippen LogP) is 1.61. The van der Waals surface area contributed by atoms with E-state index in [0.717, 1.165) is 39.3 Å². The van der Waals surface area contributed by atoms with E-state index in [1.165, 1.54) is 11.3 Å². The Kier molecular flexibility index (Phi) is 3.85. The minimum absolute atomic E-state index is 0.389. The largest absolute Gasteiger partial charge is 0.508 e. The molecule has 0 saturated carbocycles. The lowest BCUT2D eigenvalue weighted by molar-refractivity contribution is 0.229. The van der Waals surface area contributed by atoms with Crippen molar-refractivity contribution in [3.63, 3.8) is 0 Å². The van der Waals surface area contributed by atoms with Gasteiger partial charge in [0.05, 0.1) is 0 Å². The first-order valence-electron chi connectivity index (χ1n) is 7.68. The summed E-state index contributed by atoms with van der Waals surface area (Å²) < 4.78 is 0. The molecule has 20 heavy (non-hydrogen) atoms. The molecule has 0 aromatic heterocycles. The Morgan fingerprint density at radius 1 is 1.30 bits per heavy atom. The number of fused-ring (bicyclic) bond motifs is 1. The maximum absolute atomic E-state index is 9.80. The molecule has 2 aliphatic rings. The lowest BCUT2D eigenvalue weighted by atomic mass is 10.00. The SMILES string of the molecule is CC(C)N1CC(CN2CCNCC2)c2cc(O)ccc21. The van der Waals surface area contributed by atoms with Gasteiger partial charge >= 0.3 is 0 Å². The molecule has 2 N–H and O–H groups in total. The van der Waals surface area contributed by atoms with E-state index in [0.29, 0.717) is 17.7 Å². The number of anilines is 1. The summed E-state index contributed by atoms with van der Waals surface area (Å²) in [5.41, 5.74) is 2.62. The van der Waals surface area contributed by atoms with Crippen molar-refractivity contribution < 1.29 is 5.11 Å². The molecular weight excluding hydrogens is 250 g/mol. The zero-order valence-corrected chi connectivity index (χ0v) is 12.5. The van der Waals surface area contributed by atoms with Crippen LogP contribution in [0.4, 0.5) is 5.69 Å². The van der Waals surface area contributed by atoms with Gasteiger partial charge in [0.2, 0.25) is 0 Å². The number of benzene rings is 1. The van der Waals surface area contributed by atoms with Gasteiger partial charge in [0.1, 0.15) is 5.75 Å². The van der Waals surface area contributed by atoms with Gasteiger partial charge in [0.25, 0.3) is 0 Å². The van der Waals surface area contributed by atoms with Crippen LogP contribution in [0.5, 0.6) is 5.75 Å². The molecule has 0 amide bonds. The monoisotopic (exact) mass is 275 g/mol. The highest BCUT2D eigenvalue weighted by molar-refractivity contribution is 5.62. The molecule has 4 nitrogen and oxygen atoms in total. The fraction of sp³-hybridized carbons (Fsp3) is 0.625. The Morgan fingerprint density at radius 3 is 2.75 bits per heavy atom. The fourth-order valence-corrected chi connectivity index (χ4v) is 3.42. The van der Waals surface area contributed by atoms with E-state index in [1.807, 2.05) is 6.07 Å². The maximum Gasteiger partial charge on any atom is 0.116 e. The zero-order valence-electron chi connectivity index (χ0n) is 12.5. The number of phenolic OH excluding ortho intramolecular Hbond substituents is 1. The second-order valence-electron chi connectivity index (χ2n) is 6.24. The molecule has 1 atom stereocenters. The van der Waals surface area contributed by atoms with Crippen LogP contribution < -0.4 is 10.2 Å². The average Bonchev–Trinajstić information content (AvgIpc) is 2.78. The number of hydrogen-bond acceptors (Lipinski definition) is 4. The standard InChI is InChI=1S/C16H25N3O/c1-12(2)19-11-13(10-18-7-5-17-6-8-18)15-9-14(20)3-4-16(15)19/h3-4,9,12-13,17,20H,5-8,10-11H2,1-2H3. The number of piperazine rings is 1. The van der Waals surface area contributed by atoms with Crippen molar-refractivity contribution in [3.8, 4) is 5.75 Å². The summed E-state index contributed by atoms with van der Waals surface area (Å²) in [5.74, 6) is 0.900. The van der Waals surface area contributed by atoms with Gasteiger partial charge in [-0.3, -0.25) is 0 Å². The fourth-order valence-electron chi connectivity index (χ4n) is 3.42. The summed E-state index contributed by atoms with van der Waals surface area (Å²) >= 11 is 0. The Balaban J connectivity index is 1.80. The summed E-state index contributed by atoms with van der Waals surface area (Å²) in [4.78, 5) is 5.00.